The van der Waals surface area contributed by atoms with E-state index in [0.29, 0.717) is 24.5 Å². The molecule has 0 spiro atoms. The van der Waals surface area contributed by atoms with E-state index in [1.807, 2.05) is 13.8 Å². The van der Waals surface area contributed by atoms with Crippen LogP contribution in [-0.4, -0.2) is 92.3 Å². The van der Waals surface area contributed by atoms with Gasteiger partial charge in [0, 0.05) is 12.8 Å². The van der Waals surface area contributed by atoms with Crippen molar-refractivity contribution in [2.24, 2.45) is 0 Å². The van der Waals surface area contributed by atoms with Gasteiger partial charge in [-0.25, -0.2) is 19.6 Å². The molecule has 0 aliphatic heterocycles. The van der Waals surface area contributed by atoms with Crippen LogP contribution in [0.5, 0.6) is 0 Å². The molecule has 15 heteroatoms. The van der Waals surface area contributed by atoms with Gasteiger partial charge in [-0.15, -0.1) is 0 Å². The molecule has 0 bridgehead atoms. The zero-order valence-corrected chi connectivity index (χ0v) is 20.5. The number of carbonyl (C=O) groups excluding carboxylic acids is 2. The van der Waals surface area contributed by atoms with E-state index in [0.717, 1.165) is 12.8 Å². The molecule has 0 saturated heterocycles. The van der Waals surface area contributed by atoms with E-state index in [-0.39, 0.29) is 38.3 Å². The fourth-order valence-corrected chi connectivity index (χ4v) is 2.16. The van der Waals surface area contributed by atoms with Crippen molar-refractivity contribution in [3.05, 3.63) is 34.4 Å². The van der Waals surface area contributed by atoms with Crippen LogP contribution in [0.3, 0.4) is 0 Å². The number of nitrogens with zero attached hydrogens (tertiary/aromatic N) is 2. The quantitative estimate of drug-likeness (QED) is 0.211. The van der Waals surface area contributed by atoms with Gasteiger partial charge in [-0.1, -0.05) is 13.8 Å². The van der Waals surface area contributed by atoms with Gasteiger partial charge in [0.2, 0.25) is 0 Å². The minimum absolute atomic E-state index is 0. The number of aromatic nitrogens is 4. The summed E-state index contributed by atoms with van der Waals surface area (Å²) < 4.78 is 0. The number of aryl methyl sites for hydroxylation is 2. The number of aromatic amines is 2. The van der Waals surface area contributed by atoms with Crippen molar-refractivity contribution in [1.29, 1.82) is 0 Å². The summed E-state index contributed by atoms with van der Waals surface area (Å²) in [6.07, 6.45) is 2.51. The number of carboxylic acids is 4. The molecule has 0 aromatic carbocycles. The average Bonchev–Trinajstić information content (AvgIpc) is 3.21. The third-order valence-electron chi connectivity index (χ3n) is 3.29. The van der Waals surface area contributed by atoms with Gasteiger partial charge < -0.3 is 50.9 Å². The van der Waals surface area contributed by atoms with Crippen molar-refractivity contribution in [3.63, 3.8) is 0 Å². The maximum absolute atomic E-state index is 10.6. The number of hydrogen-bond donors (Lipinski definition) is 4. The van der Waals surface area contributed by atoms with Crippen molar-refractivity contribution >= 4 is 51.2 Å². The number of nitrogens with one attached hydrogen (secondary N) is 2. The molecule has 2 aromatic rings. The van der Waals surface area contributed by atoms with Gasteiger partial charge in [0.05, 0.1) is 23.3 Å². The summed E-state index contributed by atoms with van der Waals surface area (Å²) >= 11 is 0. The van der Waals surface area contributed by atoms with E-state index >= 15 is 0 Å². The van der Waals surface area contributed by atoms with Crippen LogP contribution < -0.4 is 10.2 Å². The number of aromatic carboxylic acids is 4. The van der Waals surface area contributed by atoms with Gasteiger partial charge in [-0.3, -0.25) is 0 Å². The Kier molecular flexibility index (Phi) is 15.9. The number of imidazole rings is 2. The fraction of sp³-hybridized carbons (Fsp3) is 0.375. The summed E-state index contributed by atoms with van der Waals surface area (Å²) in [6.45, 7) is 3.75. The second-order valence-electron chi connectivity index (χ2n) is 5.50. The molecular formula is C16H22N4O10Pb. The Morgan fingerprint density at radius 1 is 0.774 bits per heavy atom. The third-order valence-corrected chi connectivity index (χ3v) is 3.29. The zero-order chi connectivity index (χ0) is 21.4. The van der Waals surface area contributed by atoms with Gasteiger partial charge in [-0.05, 0) is 12.8 Å². The summed E-state index contributed by atoms with van der Waals surface area (Å²) in [5.41, 5.74) is -1.93. The van der Waals surface area contributed by atoms with Gasteiger partial charge >= 0.3 is 39.2 Å². The maximum atomic E-state index is 10.6. The van der Waals surface area contributed by atoms with E-state index in [1.54, 1.807) is 0 Å². The van der Waals surface area contributed by atoms with Gasteiger partial charge in [0.1, 0.15) is 11.6 Å². The van der Waals surface area contributed by atoms with Gasteiger partial charge in [0.25, 0.3) is 0 Å². The van der Waals surface area contributed by atoms with Crippen LogP contribution in [0.1, 0.15) is 80.3 Å². The molecule has 8 N–H and O–H groups in total. The van der Waals surface area contributed by atoms with E-state index in [4.69, 9.17) is 10.2 Å². The van der Waals surface area contributed by atoms with E-state index < -0.39 is 46.7 Å². The van der Waals surface area contributed by atoms with E-state index in [2.05, 4.69) is 19.9 Å². The average molecular weight is 638 g/mol. The predicted octanol–water partition coefficient (Wildman–Crippen LogP) is -3.18. The first-order valence-electron chi connectivity index (χ1n) is 8.19. The van der Waals surface area contributed by atoms with Crippen LogP contribution in [0.25, 0.3) is 0 Å². The van der Waals surface area contributed by atoms with Crippen molar-refractivity contribution in [2.75, 3.05) is 0 Å². The van der Waals surface area contributed by atoms with Crippen LogP contribution in [0.4, 0.5) is 0 Å². The maximum Gasteiger partial charge on any atom is 2.00 e. The van der Waals surface area contributed by atoms with Gasteiger partial charge in [-0.2, -0.15) is 0 Å². The number of H-pyrrole nitrogens is 2. The van der Waals surface area contributed by atoms with Crippen molar-refractivity contribution < 1.29 is 50.6 Å². The monoisotopic (exact) mass is 638 g/mol. The number of hydrogen-bond acceptors (Lipinski definition) is 8. The third kappa shape index (κ3) is 9.22. The smallest absolute Gasteiger partial charge is 0.543 e. The van der Waals surface area contributed by atoms with Crippen LogP contribution in [0, 0.1) is 0 Å². The number of rotatable bonds is 8. The Morgan fingerprint density at radius 3 is 1.23 bits per heavy atom. The second-order valence-corrected chi connectivity index (χ2v) is 5.50. The molecule has 0 saturated carbocycles. The Bertz CT molecular complexity index is 758. The Labute approximate surface area is 195 Å². The minimum atomic E-state index is -1.56. The molecule has 0 unspecified atom stereocenters. The van der Waals surface area contributed by atoms with Crippen LogP contribution >= 0.6 is 0 Å². The number of carbonyl (C=O) groups is 4. The summed E-state index contributed by atoms with van der Waals surface area (Å²) in [6, 6.07) is 0. The van der Waals surface area contributed by atoms with Gasteiger partial charge in [0.15, 0.2) is 11.4 Å². The fourth-order valence-electron chi connectivity index (χ4n) is 2.16. The molecule has 170 valence electrons. The number of carboxylic acid groups (broad SMARTS) is 4. The molecule has 0 fully saturated rings. The molecule has 2 aromatic heterocycles. The largest absolute Gasteiger partial charge is 2.00 e. The first-order valence-corrected chi connectivity index (χ1v) is 8.19. The predicted molar refractivity (Wildman–Crippen MR) is 101 cm³/mol. The van der Waals surface area contributed by atoms with Crippen LogP contribution in [-0.2, 0) is 12.8 Å². The van der Waals surface area contributed by atoms with Crippen molar-refractivity contribution in [3.8, 4) is 0 Å². The first kappa shape index (κ1) is 32.8. The molecule has 14 nitrogen and oxygen atoms in total. The summed E-state index contributed by atoms with van der Waals surface area (Å²) in [4.78, 5) is 54.2. The molecule has 0 amide bonds. The molecule has 2 rings (SSSR count). The van der Waals surface area contributed by atoms with Crippen LogP contribution in [0.15, 0.2) is 0 Å². The minimum Gasteiger partial charge on any atom is -0.543 e. The second kappa shape index (κ2) is 15.0. The Hall–Kier alpha value is -2.86. The van der Waals surface area contributed by atoms with Crippen LogP contribution in [0.2, 0.25) is 0 Å². The topological polar surface area (TPSA) is 275 Å². The first-order chi connectivity index (χ1) is 13.1. The van der Waals surface area contributed by atoms with Crippen molar-refractivity contribution in [2.45, 2.75) is 39.5 Å². The van der Waals surface area contributed by atoms with Crippen molar-refractivity contribution in [1.82, 2.24) is 19.9 Å². The molecule has 2 radical (unpaired) electrons. The zero-order valence-electron chi connectivity index (χ0n) is 16.6. The van der Waals surface area contributed by atoms with E-state index in [1.165, 1.54) is 0 Å². The normalized spacial score (nSPS) is 9.10. The Balaban J connectivity index is -0.000000461. The summed E-state index contributed by atoms with van der Waals surface area (Å²) in [7, 11) is 0. The molecule has 31 heavy (non-hydrogen) atoms. The Morgan fingerprint density at radius 2 is 1.06 bits per heavy atom. The van der Waals surface area contributed by atoms with E-state index in [9.17, 15) is 29.4 Å². The molecule has 0 atom stereocenters. The molecule has 2 heterocycles. The molecular weight excluding hydrogens is 615 g/mol. The summed E-state index contributed by atoms with van der Waals surface area (Å²) in [5.74, 6) is -5.16. The SMILES string of the molecule is CCCc1nc(C(=O)O)c(C(=O)[O-])[nH]1.CCCc1nc(C(=O)O)c(C(=O)[O-])[nH]1.O.O.[Pb+2]. The standard InChI is InChI=1S/2C8H10N2O4.2H2O.Pb/c2*1-2-3-4-9-5(7(11)12)6(10-4)8(13)14;;;/h2*2-3H2,1H3,(H,9,10)(H,11,12)(H,13,14);2*1H2;/q;;;;+2/p-2. The molecule has 0 aliphatic carbocycles. The summed E-state index contributed by atoms with van der Waals surface area (Å²) in [5, 5.41) is 38.2. The molecule has 0 aliphatic rings.